The van der Waals surface area contributed by atoms with Gasteiger partial charge in [0.1, 0.15) is 17.3 Å². The van der Waals surface area contributed by atoms with Gasteiger partial charge in [-0.25, -0.2) is 15.0 Å². The summed E-state index contributed by atoms with van der Waals surface area (Å²) in [6, 6.07) is 2.26. The van der Waals surface area contributed by atoms with Crippen molar-refractivity contribution in [3.8, 4) is 0 Å². The average Bonchev–Trinajstić information content (AvgIpc) is 3.25. The summed E-state index contributed by atoms with van der Waals surface area (Å²) in [5.74, 6) is 1.06. The summed E-state index contributed by atoms with van der Waals surface area (Å²) >= 11 is 6.37. The van der Waals surface area contributed by atoms with Crippen molar-refractivity contribution >= 4 is 35.1 Å². The second-order valence-electron chi connectivity index (χ2n) is 8.63. The summed E-state index contributed by atoms with van der Waals surface area (Å²) in [5, 5.41) is 3.33. The molecule has 1 fully saturated rings. The number of amides is 1. The number of carbonyl (C=O) groups is 1. The fourth-order valence-electron chi connectivity index (χ4n) is 5.10. The van der Waals surface area contributed by atoms with Crippen LogP contribution in [0, 0.1) is 5.92 Å². The van der Waals surface area contributed by atoms with Crippen LogP contribution in [-0.2, 0) is 24.2 Å². The van der Waals surface area contributed by atoms with Crippen LogP contribution in [0.5, 0.6) is 0 Å². The number of pyridine rings is 1. The van der Waals surface area contributed by atoms with E-state index in [1.54, 1.807) is 13.4 Å². The van der Waals surface area contributed by atoms with Gasteiger partial charge in [-0.05, 0) is 25.8 Å². The van der Waals surface area contributed by atoms with Crippen molar-refractivity contribution in [2.45, 2.75) is 45.2 Å². The van der Waals surface area contributed by atoms with Crippen LogP contribution in [-0.4, -0.2) is 47.0 Å². The molecule has 2 atom stereocenters. The second-order valence-corrected chi connectivity index (χ2v) is 9.02. The lowest BCUT2D eigenvalue weighted by atomic mass is 9.95. The van der Waals surface area contributed by atoms with Crippen LogP contribution in [0.25, 0.3) is 6.08 Å². The molecule has 2 aromatic rings. The Morgan fingerprint density at radius 1 is 1.29 bits per heavy atom. The standard InChI is InChI=1S/C23H27ClN6O/c1-14-9-19-17(12-30(14)20-10-21(24)28-18-7-3-6-16(18)20)22(27-13-26-19)29-8-4-5-15(11-29)23(31)25-2/h3,6,10,13-15H,4-5,7-9,11-12H2,1-2H3,(H,25,31)/t14-,15-/m1/s1. The van der Waals surface area contributed by atoms with E-state index in [1.807, 2.05) is 6.07 Å². The maximum atomic E-state index is 12.2. The highest BCUT2D eigenvalue weighted by atomic mass is 35.5. The molecule has 0 bridgehead atoms. The van der Waals surface area contributed by atoms with Crippen LogP contribution >= 0.6 is 11.6 Å². The highest BCUT2D eigenvalue weighted by Gasteiger charge is 2.33. The molecule has 1 aliphatic carbocycles. The molecule has 0 saturated carbocycles. The Morgan fingerprint density at radius 2 is 2.16 bits per heavy atom. The van der Waals surface area contributed by atoms with Crippen LogP contribution in [0.15, 0.2) is 18.5 Å². The summed E-state index contributed by atoms with van der Waals surface area (Å²) in [7, 11) is 1.71. The number of allylic oxidation sites excluding steroid dienone is 1. The number of fused-ring (bicyclic) bond motifs is 2. The number of nitrogens with zero attached hydrogens (tertiary/aromatic N) is 5. The van der Waals surface area contributed by atoms with Gasteiger partial charge in [0.15, 0.2) is 0 Å². The summed E-state index contributed by atoms with van der Waals surface area (Å²) < 4.78 is 0. The minimum atomic E-state index is -0.00427. The summed E-state index contributed by atoms with van der Waals surface area (Å²) in [5.41, 5.74) is 5.58. The topological polar surface area (TPSA) is 74.2 Å². The number of nitrogens with one attached hydrogen (secondary N) is 1. The van der Waals surface area contributed by atoms with E-state index in [9.17, 15) is 4.79 Å². The molecule has 3 aliphatic rings. The Balaban J connectivity index is 1.50. The number of aromatic nitrogens is 3. The monoisotopic (exact) mass is 438 g/mol. The number of hydrogen-bond donors (Lipinski definition) is 1. The van der Waals surface area contributed by atoms with Crippen molar-refractivity contribution in [2.75, 3.05) is 29.9 Å². The van der Waals surface area contributed by atoms with Crippen molar-refractivity contribution in [1.29, 1.82) is 0 Å². The molecule has 4 heterocycles. The quantitative estimate of drug-likeness (QED) is 0.742. The number of anilines is 2. The van der Waals surface area contributed by atoms with Crippen LogP contribution < -0.4 is 15.1 Å². The number of halogens is 1. The number of carbonyl (C=O) groups excluding carboxylic acids is 1. The molecule has 7 nitrogen and oxygen atoms in total. The van der Waals surface area contributed by atoms with Crippen molar-refractivity contribution in [2.24, 2.45) is 5.92 Å². The first-order valence-corrected chi connectivity index (χ1v) is 11.3. The van der Waals surface area contributed by atoms with E-state index in [0.29, 0.717) is 18.2 Å². The van der Waals surface area contributed by atoms with Gasteiger partial charge in [-0.1, -0.05) is 23.8 Å². The molecule has 0 spiro atoms. The third-order valence-corrected chi connectivity index (χ3v) is 6.88. The van der Waals surface area contributed by atoms with Crippen molar-refractivity contribution < 1.29 is 4.79 Å². The SMILES string of the molecule is CNC(=O)[C@@H]1CCCN(c2ncnc3c2CN(c2cc(Cl)nc4c2C=CC4)[C@H](C)C3)C1. The molecular formula is C23H27ClN6O. The van der Waals surface area contributed by atoms with Crippen LogP contribution in [0.3, 0.4) is 0 Å². The molecule has 5 rings (SSSR count). The molecule has 0 radical (unpaired) electrons. The zero-order chi connectivity index (χ0) is 21.5. The number of rotatable bonds is 3. The van der Waals surface area contributed by atoms with E-state index in [1.165, 1.54) is 0 Å². The third kappa shape index (κ3) is 3.65. The molecule has 2 aliphatic heterocycles. The Hall–Kier alpha value is -2.67. The van der Waals surface area contributed by atoms with E-state index >= 15 is 0 Å². The molecule has 0 aromatic carbocycles. The van der Waals surface area contributed by atoms with Crippen molar-refractivity contribution in [3.63, 3.8) is 0 Å². The van der Waals surface area contributed by atoms with Gasteiger partial charge in [0.2, 0.25) is 5.91 Å². The predicted octanol–water partition coefficient (Wildman–Crippen LogP) is 3.01. The molecule has 1 amide bonds. The van der Waals surface area contributed by atoms with Gasteiger partial charge < -0.3 is 15.1 Å². The first-order valence-electron chi connectivity index (χ1n) is 11.0. The Morgan fingerprint density at radius 3 is 3.00 bits per heavy atom. The highest BCUT2D eigenvalue weighted by Crippen LogP contribution is 2.38. The Bertz CT molecular complexity index is 1050. The van der Waals surface area contributed by atoms with E-state index in [4.69, 9.17) is 11.6 Å². The summed E-state index contributed by atoms with van der Waals surface area (Å²) in [6.07, 6.45) is 9.53. The van der Waals surface area contributed by atoms with Crippen LogP contribution in [0.1, 0.15) is 42.3 Å². The Kier molecular flexibility index (Phi) is 5.30. The van der Waals surface area contributed by atoms with Gasteiger partial charge in [-0.15, -0.1) is 0 Å². The fourth-order valence-corrected chi connectivity index (χ4v) is 5.30. The third-order valence-electron chi connectivity index (χ3n) is 6.69. The minimum absolute atomic E-state index is 0.00427. The lowest BCUT2D eigenvalue weighted by Gasteiger charge is -2.40. The summed E-state index contributed by atoms with van der Waals surface area (Å²) in [6.45, 7) is 4.55. The largest absolute Gasteiger partial charge is 0.363 e. The number of hydrogen-bond acceptors (Lipinski definition) is 6. The first-order chi connectivity index (χ1) is 15.0. The normalized spacial score (nSPS) is 22.3. The van der Waals surface area contributed by atoms with Gasteiger partial charge in [-0.2, -0.15) is 0 Å². The zero-order valence-electron chi connectivity index (χ0n) is 17.9. The van der Waals surface area contributed by atoms with E-state index in [0.717, 1.165) is 66.2 Å². The van der Waals surface area contributed by atoms with Gasteiger partial charge >= 0.3 is 0 Å². The maximum absolute atomic E-state index is 12.2. The summed E-state index contributed by atoms with van der Waals surface area (Å²) in [4.78, 5) is 30.7. The average molecular weight is 439 g/mol. The lowest BCUT2D eigenvalue weighted by Crippen LogP contribution is -2.44. The van der Waals surface area contributed by atoms with Gasteiger partial charge in [0.05, 0.1) is 17.3 Å². The second kappa shape index (κ2) is 8.11. The fraction of sp³-hybridized carbons (Fsp3) is 0.478. The van der Waals surface area contributed by atoms with Gasteiger partial charge in [-0.3, -0.25) is 4.79 Å². The van der Waals surface area contributed by atoms with Crippen molar-refractivity contribution in [1.82, 2.24) is 20.3 Å². The molecule has 162 valence electrons. The van der Waals surface area contributed by atoms with Crippen molar-refractivity contribution in [3.05, 3.63) is 46.1 Å². The zero-order valence-corrected chi connectivity index (χ0v) is 18.7. The predicted molar refractivity (Wildman–Crippen MR) is 122 cm³/mol. The maximum Gasteiger partial charge on any atom is 0.224 e. The lowest BCUT2D eigenvalue weighted by molar-refractivity contribution is -0.124. The minimum Gasteiger partial charge on any atom is -0.363 e. The molecule has 0 unspecified atom stereocenters. The first kappa shape index (κ1) is 20.2. The van der Waals surface area contributed by atoms with E-state index in [-0.39, 0.29) is 17.9 Å². The van der Waals surface area contributed by atoms with E-state index in [2.05, 4.69) is 49.1 Å². The molecule has 1 N–H and O–H groups in total. The van der Waals surface area contributed by atoms with Gasteiger partial charge in [0.25, 0.3) is 0 Å². The highest BCUT2D eigenvalue weighted by molar-refractivity contribution is 6.29. The number of piperidine rings is 1. The van der Waals surface area contributed by atoms with E-state index < -0.39 is 0 Å². The molecule has 8 heteroatoms. The van der Waals surface area contributed by atoms with Crippen LogP contribution in [0.4, 0.5) is 11.5 Å². The Labute approximate surface area is 187 Å². The molecule has 31 heavy (non-hydrogen) atoms. The van der Waals surface area contributed by atoms with Crippen LogP contribution in [0.2, 0.25) is 5.15 Å². The van der Waals surface area contributed by atoms with Gasteiger partial charge in [0, 0.05) is 62.4 Å². The smallest absolute Gasteiger partial charge is 0.224 e. The molecule has 2 aromatic heterocycles. The molecular weight excluding hydrogens is 412 g/mol. The molecule has 1 saturated heterocycles.